The Kier molecular flexibility index (Phi) is 6.66. The Balaban J connectivity index is 1.67. The van der Waals surface area contributed by atoms with Crippen LogP contribution in [0.5, 0.6) is 0 Å². The van der Waals surface area contributed by atoms with Gasteiger partial charge in [-0.3, -0.25) is 9.59 Å². The van der Waals surface area contributed by atoms with Gasteiger partial charge in [0, 0.05) is 35.3 Å². The molecule has 3 rings (SSSR count). The van der Waals surface area contributed by atoms with E-state index in [1.807, 2.05) is 26.8 Å². The normalized spacial score (nSPS) is 10.8. The number of carbonyl (C=O) groups is 2. The minimum Gasteiger partial charge on any atom is -0.361 e. The third-order valence-corrected chi connectivity index (χ3v) is 4.91. The maximum absolute atomic E-state index is 12.7. The summed E-state index contributed by atoms with van der Waals surface area (Å²) in [4.78, 5) is 29.1. The first kappa shape index (κ1) is 20.6. The zero-order valence-electron chi connectivity index (χ0n) is 16.4. The first-order chi connectivity index (χ1) is 13.9. The fourth-order valence-electron chi connectivity index (χ4n) is 2.56. The molecule has 8 heteroatoms. The molecule has 0 aliphatic carbocycles. The number of pyridine rings is 1. The fraction of sp³-hybridized carbons (Fsp3) is 0.238. The minimum absolute atomic E-state index is 0.0598. The average Bonchev–Trinajstić information content (AvgIpc) is 3.12. The summed E-state index contributed by atoms with van der Waals surface area (Å²) in [5, 5.41) is 10.2. The van der Waals surface area contributed by atoms with E-state index in [-0.39, 0.29) is 17.9 Å². The van der Waals surface area contributed by atoms with Crippen LogP contribution in [0.25, 0.3) is 0 Å². The molecule has 0 saturated carbocycles. The van der Waals surface area contributed by atoms with E-state index in [4.69, 9.17) is 4.52 Å². The highest BCUT2D eigenvalue weighted by atomic mass is 32.2. The first-order valence-corrected chi connectivity index (χ1v) is 10.1. The summed E-state index contributed by atoms with van der Waals surface area (Å²) in [6, 6.07) is 12.1. The van der Waals surface area contributed by atoms with Gasteiger partial charge in [0.1, 0.15) is 10.8 Å². The molecule has 0 spiro atoms. The van der Waals surface area contributed by atoms with Crippen LogP contribution in [0.15, 0.2) is 58.2 Å². The quantitative estimate of drug-likeness (QED) is 0.570. The number of aromatic nitrogens is 2. The zero-order valence-corrected chi connectivity index (χ0v) is 17.2. The number of carbonyl (C=O) groups excluding carboxylic acids is 2. The SMILES string of the molecule is Cc1cc(CSc2ncccc2C(=O)Nc2ccc(C(=O)NC(C)C)cc2)no1. The third-order valence-electron chi connectivity index (χ3n) is 3.87. The molecule has 0 saturated heterocycles. The summed E-state index contributed by atoms with van der Waals surface area (Å²) in [7, 11) is 0. The van der Waals surface area contributed by atoms with Crippen molar-refractivity contribution in [3.63, 3.8) is 0 Å². The van der Waals surface area contributed by atoms with Crippen LogP contribution in [0.1, 0.15) is 46.0 Å². The summed E-state index contributed by atoms with van der Waals surface area (Å²) < 4.78 is 5.07. The Labute approximate surface area is 173 Å². The van der Waals surface area contributed by atoms with E-state index < -0.39 is 0 Å². The zero-order chi connectivity index (χ0) is 20.8. The van der Waals surface area contributed by atoms with Gasteiger partial charge in [-0.25, -0.2) is 4.98 Å². The number of nitrogens with zero attached hydrogens (tertiary/aromatic N) is 2. The molecule has 29 heavy (non-hydrogen) atoms. The standard InChI is InChI=1S/C21H22N4O3S/c1-13(2)23-19(26)15-6-8-16(9-7-15)24-20(27)18-5-4-10-22-21(18)29-12-17-11-14(3)28-25-17/h4-11,13H,12H2,1-3H3,(H,23,26)(H,24,27). The maximum atomic E-state index is 12.7. The lowest BCUT2D eigenvalue weighted by atomic mass is 10.1. The second kappa shape index (κ2) is 9.38. The molecule has 0 aliphatic heterocycles. The molecule has 0 unspecified atom stereocenters. The minimum atomic E-state index is -0.267. The van der Waals surface area contributed by atoms with Gasteiger partial charge < -0.3 is 15.2 Å². The highest BCUT2D eigenvalue weighted by molar-refractivity contribution is 7.98. The molecule has 0 radical (unpaired) electrons. The van der Waals surface area contributed by atoms with Crippen molar-refractivity contribution in [3.05, 3.63) is 71.2 Å². The fourth-order valence-corrected chi connectivity index (χ4v) is 3.43. The van der Waals surface area contributed by atoms with Crippen LogP contribution in [-0.2, 0) is 5.75 Å². The van der Waals surface area contributed by atoms with Crippen LogP contribution in [0, 0.1) is 6.92 Å². The maximum Gasteiger partial charge on any atom is 0.258 e. The Morgan fingerprint density at radius 2 is 1.90 bits per heavy atom. The summed E-state index contributed by atoms with van der Waals surface area (Å²) in [5.74, 6) is 0.877. The summed E-state index contributed by atoms with van der Waals surface area (Å²) in [6.45, 7) is 5.64. The van der Waals surface area contributed by atoms with E-state index in [0.29, 0.717) is 27.6 Å². The highest BCUT2D eigenvalue weighted by Crippen LogP contribution is 2.25. The topological polar surface area (TPSA) is 97.1 Å². The third kappa shape index (κ3) is 5.68. The molecule has 2 aromatic heterocycles. The van der Waals surface area contributed by atoms with Crippen molar-refractivity contribution in [1.82, 2.24) is 15.5 Å². The van der Waals surface area contributed by atoms with Gasteiger partial charge in [0.2, 0.25) is 0 Å². The highest BCUT2D eigenvalue weighted by Gasteiger charge is 2.14. The van der Waals surface area contributed by atoms with Gasteiger partial charge in [0.25, 0.3) is 11.8 Å². The second-order valence-corrected chi connectivity index (χ2v) is 7.70. The van der Waals surface area contributed by atoms with Gasteiger partial charge in [0.05, 0.1) is 11.3 Å². The first-order valence-electron chi connectivity index (χ1n) is 9.14. The number of aryl methyl sites for hydroxylation is 1. The predicted molar refractivity (Wildman–Crippen MR) is 112 cm³/mol. The van der Waals surface area contributed by atoms with Crippen LogP contribution in [0.4, 0.5) is 5.69 Å². The van der Waals surface area contributed by atoms with Gasteiger partial charge in [-0.15, -0.1) is 0 Å². The van der Waals surface area contributed by atoms with Gasteiger partial charge in [-0.2, -0.15) is 0 Å². The average molecular weight is 410 g/mol. The molecule has 0 aliphatic rings. The van der Waals surface area contributed by atoms with E-state index in [0.717, 1.165) is 11.5 Å². The molecular weight excluding hydrogens is 388 g/mol. The number of thioether (sulfide) groups is 1. The molecule has 0 atom stereocenters. The second-order valence-electron chi connectivity index (χ2n) is 6.73. The van der Waals surface area contributed by atoms with E-state index in [1.165, 1.54) is 11.8 Å². The van der Waals surface area contributed by atoms with Crippen molar-refractivity contribution in [1.29, 1.82) is 0 Å². The number of hydrogen-bond acceptors (Lipinski definition) is 6. The summed E-state index contributed by atoms with van der Waals surface area (Å²) >= 11 is 1.42. The molecule has 2 N–H and O–H groups in total. The molecule has 1 aromatic carbocycles. The van der Waals surface area contributed by atoms with E-state index >= 15 is 0 Å². The molecule has 3 aromatic rings. The molecule has 150 valence electrons. The lowest BCUT2D eigenvalue weighted by Gasteiger charge is -2.10. The largest absolute Gasteiger partial charge is 0.361 e. The number of amides is 2. The number of benzene rings is 1. The summed E-state index contributed by atoms with van der Waals surface area (Å²) in [5.41, 5.74) is 2.40. The van der Waals surface area contributed by atoms with Crippen molar-refractivity contribution in [2.45, 2.75) is 37.6 Å². The molecule has 2 amide bonds. The summed E-state index contributed by atoms with van der Waals surface area (Å²) in [6.07, 6.45) is 1.65. The van der Waals surface area contributed by atoms with Crippen LogP contribution in [0.2, 0.25) is 0 Å². The number of rotatable bonds is 7. The van der Waals surface area contributed by atoms with Gasteiger partial charge in [-0.1, -0.05) is 16.9 Å². The van der Waals surface area contributed by atoms with Crippen molar-refractivity contribution in [3.8, 4) is 0 Å². The number of hydrogen-bond donors (Lipinski definition) is 2. The Morgan fingerprint density at radius 1 is 1.14 bits per heavy atom. The molecule has 7 nitrogen and oxygen atoms in total. The Hall–Kier alpha value is -3.13. The van der Waals surface area contributed by atoms with Gasteiger partial charge in [-0.05, 0) is 57.2 Å². The Morgan fingerprint density at radius 3 is 2.55 bits per heavy atom. The number of anilines is 1. The van der Waals surface area contributed by atoms with Crippen LogP contribution < -0.4 is 10.6 Å². The van der Waals surface area contributed by atoms with Crippen LogP contribution >= 0.6 is 11.8 Å². The molecule has 2 heterocycles. The predicted octanol–water partition coefficient (Wildman–Crippen LogP) is 4.06. The monoisotopic (exact) mass is 410 g/mol. The Bertz CT molecular complexity index is 999. The van der Waals surface area contributed by atoms with Crippen LogP contribution in [0.3, 0.4) is 0 Å². The van der Waals surface area contributed by atoms with Gasteiger partial charge in [0.15, 0.2) is 0 Å². The van der Waals surface area contributed by atoms with Gasteiger partial charge >= 0.3 is 0 Å². The molecule has 0 bridgehead atoms. The molecule has 0 fully saturated rings. The van der Waals surface area contributed by atoms with E-state index in [9.17, 15) is 9.59 Å². The van der Waals surface area contributed by atoms with Crippen LogP contribution in [-0.4, -0.2) is 28.0 Å². The van der Waals surface area contributed by atoms with Crippen molar-refractivity contribution in [2.75, 3.05) is 5.32 Å². The molecular formula is C21H22N4O3S. The lowest BCUT2D eigenvalue weighted by molar-refractivity contribution is 0.0942. The van der Waals surface area contributed by atoms with E-state index in [2.05, 4.69) is 20.8 Å². The lowest BCUT2D eigenvalue weighted by Crippen LogP contribution is -2.30. The van der Waals surface area contributed by atoms with Crippen molar-refractivity contribution < 1.29 is 14.1 Å². The van der Waals surface area contributed by atoms with E-state index in [1.54, 1.807) is 42.6 Å². The number of nitrogens with one attached hydrogen (secondary N) is 2. The smallest absolute Gasteiger partial charge is 0.258 e. The van der Waals surface area contributed by atoms with Crippen molar-refractivity contribution in [2.24, 2.45) is 0 Å². The van der Waals surface area contributed by atoms with Crippen molar-refractivity contribution >= 4 is 29.3 Å².